The van der Waals surface area contributed by atoms with E-state index in [2.05, 4.69) is 25.7 Å². The van der Waals surface area contributed by atoms with Gasteiger partial charge in [-0.25, -0.2) is 4.39 Å². The number of aliphatic hydroxyl groups is 1. The van der Waals surface area contributed by atoms with Crippen molar-refractivity contribution in [2.24, 2.45) is 11.3 Å². The van der Waals surface area contributed by atoms with Crippen LogP contribution in [0.1, 0.15) is 45.8 Å². The SMILES string of the molecule is CC(O)c1cccc(F)c1N1CCC(C(C)(C)C)C1. The van der Waals surface area contributed by atoms with Gasteiger partial charge in [0.15, 0.2) is 0 Å². The number of aliphatic hydroxyl groups excluding tert-OH is 1. The van der Waals surface area contributed by atoms with Crippen LogP contribution in [-0.2, 0) is 0 Å². The average Bonchev–Trinajstić information content (AvgIpc) is 2.77. The molecule has 0 aliphatic carbocycles. The number of hydrogen-bond acceptors (Lipinski definition) is 2. The van der Waals surface area contributed by atoms with E-state index in [1.54, 1.807) is 13.0 Å². The molecule has 19 heavy (non-hydrogen) atoms. The zero-order valence-corrected chi connectivity index (χ0v) is 12.3. The van der Waals surface area contributed by atoms with Gasteiger partial charge >= 0.3 is 0 Å². The molecule has 2 rings (SSSR count). The average molecular weight is 265 g/mol. The molecular formula is C16H24FNO. The van der Waals surface area contributed by atoms with Crippen LogP contribution in [-0.4, -0.2) is 18.2 Å². The minimum atomic E-state index is -0.639. The lowest BCUT2D eigenvalue weighted by molar-refractivity contribution is 0.199. The summed E-state index contributed by atoms with van der Waals surface area (Å²) in [6.07, 6.45) is 0.441. The summed E-state index contributed by atoms with van der Waals surface area (Å²) in [6, 6.07) is 4.96. The van der Waals surface area contributed by atoms with Crippen LogP contribution in [0.25, 0.3) is 0 Å². The highest BCUT2D eigenvalue weighted by Crippen LogP contribution is 2.38. The maximum atomic E-state index is 14.1. The predicted octanol–water partition coefficient (Wildman–Crippen LogP) is 3.75. The van der Waals surface area contributed by atoms with Crippen LogP contribution in [0, 0.1) is 17.2 Å². The molecule has 106 valence electrons. The van der Waals surface area contributed by atoms with Gasteiger partial charge < -0.3 is 10.0 Å². The van der Waals surface area contributed by atoms with E-state index in [9.17, 15) is 9.50 Å². The standard InChI is InChI=1S/C16H24FNO/c1-11(19)13-6-5-7-14(17)15(13)18-9-8-12(10-18)16(2,3)4/h5-7,11-12,19H,8-10H2,1-4H3. The molecule has 0 aromatic heterocycles. The summed E-state index contributed by atoms with van der Waals surface area (Å²) in [5, 5.41) is 9.82. The fourth-order valence-corrected chi connectivity index (χ4v) is 2.87. The lowest BCUT2D eigenvalue weighted by Gasteiger charge is -2.28. The van der Waals surface area contributed by atoms with Crippen molar-refractivity contribution in [2.75, 3.05) is 18.0 Å². The fraction of sp³-hybridized carbons (Fsp3) is 0.625. The lowest BCUT2D eigenvalue weighted by Crippen LogP contribution is -2.27. The van der Waals surface area contributed by atoms with E-state index in [4.69, 9.17) is 0 Å². The van der Waals surface area contributed by atoms with Crippen LogP contribution >= 0.6 is 0 Å². The summed E-state index contributed by atoms with van der Waals surface area (Å²) < 4.78 is 14.1. The fourth-order valence-electron chi connectivity index (χ4n) is 2.87. The van der Waals surface area contributed by atoms with E-state index in [1.807, 2.05) is 6.07 Å². The first-order valence-corrected chi connectivity index (χ1v) is 7.02. The maximum Gasteiger partial charge on any atom is 0.146 e. The molecule has 0 amide bonds. The van der Waals surface area contributed by atoms with Crippen molar-refractivity contribution in [1.29, 1.82) is 0 Å². The second kappa shape index (κ2) is 5.12. The number of anilines is 1. The van der Waals surface area contributed by atoms with Crippen LogP contribution in [0.15, 0.2) is 18.2 Å². The summed E-state index contributed by atoms with van der Waals surface area (Å²) >= 11 is 0. The van der Waals surface area contributed by atoms with Crippen molar-refractivity contribution in [1.82, 2.24) is 0 Å². The van der Waals surface area contributed by atoms with Crippen LogP contribution < -0.4 is 4.90 Å². The Morgan fingerprint density at radius 3 is 2.58 bits per heavy atom. The first kappa shape index (κ1) is 14.3. The van der Waals surface area contributed by atoms with Crippen LogP contribution in [0.3, 0.4) is 0 Å². The van der Waals surface area contributed by atoms with E-state index in [-0.39, 0.29) is 11.2 Å². The van der Waals surface area contributed by atoms with E-state index in [0.29, 0.717) is 17.2 Å². The Hall–Kier alpha value is -1.09. The monoisotopic (exact) mass is 265 g/mol. The Kier molecular flexibility index (Phi) is 3.86. The molecule has 0 bridgehead atoms. The number of para-hydroxylation sites is 1. The second-order valence-corrected chi connectivity index (χ2v) is 6.65. The van der Waals surface area contributed by atoms with Crippen LogP contribution in [0.4, 0.5) is 10.1 Å². The third-order valence-corrected chi connectivity index (χ3v) is 4.20. The highest BCUT2D eigenvalue weighted by Gasteiger charge is 2.33. The van der Waals surface area contributed by atoms with Gasteiger partial charge in [0.25, 0.3) is 0 Å². The van der Waals surface area contributed by atoms with E-state index >= 15 is 0 Å². The van der Waals surface area contributed by atoms with Crippen molar-refractivity contribution in [2.45, 2.75) is 40.2 Å². The van der Waals surface area contributed by atoms with Crippen molar-refractivity contribution in [3.05, 3.63) is 29.6 Å². The Labute approximate surface area is 115 Å². The normalized spacial score (nSPS) is 21.8. The van der Waals surface area contributed by atoms with Crippen molar-refractivity contribution in [3.63, 3.8) is 0 Å². The quantitative estimate of drug-likeness (QED) is 0.880. The Morgan fingerprint density at radius 1 is 1.37 bits per heavy atom. The molecule has 0 radical (unpaired) electrons. The largest absolute Gasteiger partial charge is 0.389 e. The van der Waals surface area contributed by atoms with Crippen LogP contribution in [0.5, 0.6) is 0 Å². The number of benzene rings is 1. The number of hydrogen-bond donors (Lipinski definition) is 1. The van der Waals surface area contributed by atoms with E-state index < -0.39 is 6.10 Å². The Morgan fingerprint density at radius 2 is 2.05 bits per heavy atom. The van der Waals surface area contributed by atoms with E-state index in [0.717, 1.165) is 19.5 Å². The van der Waals surface area contributed by atoms with Gasteiger partial charge in [0, 0.05) is 18.7 Å². The molecule has 0 spiro atoms. The number of nitrogens with zero attached hydrogens (tertiary/aromatic N) is 1. The smallest absolute Gasteiger partial charge is 0.146 e. The predicted molar refractivity (Wildman–Crippen MR) is 76.8 cm³/mol. The zero-order valence-electron chi connectivity index (χ0n) is 12.3. The molecule has 1 N–H and O–H groups in total. The molecular weight excluding hydrogens is 241 g/mol. The molecule has 1 aromatic carbocycles. The molecule has 2 atom stereocenters. The van der Waals surface area contributed by atoms with Gasteiger partial charge in [-0.05, 0) is 30.7 Å². The Balaban J connectivity index is 2.29. The van der Waals surface area contributed by atoms with Gasteiger partial charge in [0.2, 0.25) is 0 Å². The van der Waals surface area contributed by atoms with Crippen LogP contribution in [0.2, 0.25) is 0 Å². The summed E-state index contributed by atoms with van der Waals surface area (Å²) in [6.45, 7) is 10.1. The molecule has 3 heteroatoms. The Bertz CT molecular complexity index is 451. The maximum absolute atomic E-state index is 14.1. The summed E-state index contributed by atoms with van der Waals surface area (Å²) in [5.41, 5.74) is 1.52. The highest BCUT2D eigenvalue weighted by atomic mass is 19.1. The molecule has 2 nitrogen and oxygen atoms in total. The first-order chi connectivity index (χ1) is 8.80. The molecule has 2 unspecified atom stereocenters. The van der Waals surface area contributed by atoms with Gasteiger partial charge in [0.1, 0.15) is 5.82 Å². The minimum absolute atomic E-state index is 0.229. The van der Waals surface area contributed by atoms with Gasteiger partial charge in [-0.3, -0.25) is 0 Å². The third-order valence-electron chi connectivity index (χ3n) is 4.20. The first-order valence-electron chi connectivity index (χ1n) is 7.02. The molecule has 1 aromatic rings. The van der Waals surface area contributed by atoms with E-state index in [1.165, 1.54) is 6.07 Å². The third kappa shape index (κ3) is 2.92. The molecule has 1 saturated heterocycles. The summed E-state index contributed by atoms with van der Waals surface area (Å²) in [5.74, 6) is 0.335. The topological polar surface area (TPSA) is 23.5 Å². The molecule has 0 saturated carbocycles. The molecule has 1 heterocycles. The van der Waals surface area contributed by atoms with Gasteiger partial charge in [-0.15, -0.1) is 0 Å². The minimum Gasteiger partial charge on any atom is -0.389 e. The molecule has 1 aliphatic heterocycles. The second-order valence-electron chi connectivity index (χ2n) is 6.65. The molecule has 1 aliphatic rings. The number of rotatable bonds is 2. The van der Waals surface area contributed by atoms with Gasteiger partial charge in [-0.2, -0.15) is 0 Å². The highest BCUT2D eigenvalue weighted by molar-refractivity contribution is 5.56. The van der Waals surface area contributed by atoms with Crippen molar-refractivity contribution in [3.8, 4) is 0 Å². The summed E-state index contributed by atoms with van der Waals surface area (Å²) in [4.78, 5) is 2.09. The van der Waals surface area contributed by atoms with Crippen molar-refractivity contribution < 1.29 is 9.50 Å². The molecule has 1 fully saturated rings. The number of halogens is 1. The summed E-state index contributed by atoms with van der Waals surface area (Å²) in [7, 11) is 0. The van der Waals surface area contributed by atoms with Crippen molar-refractivity contribution >= 4 is 5.69 Å². The lowest BCUT2D eigenvalue weighted by atomic mass is 9.80. The van der Waals surface area contributed by atoms with Gasteiger partial charge in [-0.1, -0.05) is 32.9 Å². The zero-order chi connectivity index (χ0) is 14.2. The van der Waals surface area contributed by atoms with Gasteiger partial charge in [0.05, 0.1) is 11.8 Å².